The van der Waals surface area contributed by atoms with Crippen LogP contribution in [0.2, 0.25) is 0 Å². The molecule has 1 fully saturated rings. The van der Waals surface area contributed by atoms with Gasteiger partial charge in [-0.1, -0.05) is 6.92 Å². The molecular formula is C24H30N4O3. The second-order valence-corrected chi connectivity index (χ2v) is 7.87. The van der Waals surface area contributed by atoms with Crippen molar-refractivity contribution in [3.8, 4) is 0 Å². The van der Waals surface area contributed by atoms with Crippen molar-refractivity contribution >= 4 is 17.4 Å². The topological polar surface area (TPSA) is 65.1 Å². The van der Waals surface area contributed by atoms with E-state index < -0.39 is 0 Å². The van der Waals surface area contributed by atoms with Gasteiger partial charge in [0.1, 0.15) is 11.5 Å². The van der Waals surface area contributed by atoms with Gasteiger partial charge >= 0.3 is 6.03 Å². The third-order valence-corrected chi connectivity index (χ3v) is 5.78. The Morgan fingerprint density at radius 1 is 1.00 bits per heavy atom. The number of anilines is 2. The minimum absolute atomic E-state index is 0.194. The lowest BCUT2D eigenvalue weighted by Gasteiger charge is -2.35. The van der Waals surface area contributed by atoms with E-state index in [0.717, 1.165) is 55.5 Å². The molecule has 7 nitrogen and oxygen atoms in total. The Kier molecular flexibility index (Phi) is 6.62. The molecule has 1 aromatic carbocycles. The van der Waals surface area contributed by atoms with E-state index in [1.807, 2.05) is 37.3 Å². The number of carbonyl (C=O) groups excluding carboxylic acids is 1. The number of piperazine rings is 1. The number of amides is 2. The third-order valence-electron chi connectivity index (χ3n) is 5.78. The Balaban J connectivity index is 1.44. The second-order valence-electron chi connectivity index (χ2n) is 7.87. The van der Waals surface area contributed by atoms with Crippen LogP contribution in [0.4, 0.5) is 16.2 Å². The van der Waals surface area contributed by atoms with Crippen molar-refractivity contribution in [1.29, 1.82) is 0 Å². The van der Waals surface area contributed by atoms with Crippen LogP contribution in [0.15, 0.2) is 63.8 Å². The summed E-state index contributed by atoms with van der Waals surface area (Å²) in [4.78, 5) is 19.6. The minimum Gasteiger partial charge on any atom is -0.467 e. The predicted molar refractivity (Wildman–Crippen MR) is 121 cm³/mol. The summed E-state index contributed by atoms with van der Waals surface area (Å²) in [5.74, 6) is 1.44. The van der Waals surface area contributed by atoms with Crippen LogP contribution in [0, 0.1) is 6.92 Å². The molecule has 31 heavy (non-hydrogen) atoms. The van der Waals surface area contributed by atoms with Gasteiger partial charge in [-0.05, 0) is 61.5 Å². The van der Waals surface area contributed by atoms with E-state index in [1.54, 1.807) is 17.4 Å². The largest absolute Gasteiger partial charge is 0.467 e. The number of likely N-dealkylation sites (N-methyl/N-ethyl adjacent to an activating group) is 1. The third kappa shape index (κ3) is 5.30. The van der Waals surface area contributed by atoms with Crippen LogP contribution in [0.1, 0.15) is 24.0 Å². The molecule has 0 saturated carbocycles. The maximum atomic E-state index is 13.1. The summed E-state index contributed by atoms with van der Waals surface area (Å²) in [6.07, 6.45) is 3.23. The first-order valence-electron chi connectivity index (χ1n) is 10.8. The Hall–Kier alpha value is -3.19. The van der Waals surface area contributed by atoms with Crippen LogP contribution in [0.25, 0.3) is 0 Å². The molecule has 164 valence electrons. The van der Waals surface area contributed by atoms with E-state index in [0.29, 0.717) is 13.1 Å². The molecule has 0 aliphatic carbocycles. The van der Waals surface area contributed by atoms with Crippen LogP contribution in [0.5, 0.6) is 0 Å². The highest BCUT2D eigenvalue weighted by Crippen LogP contribution is 2.24. The number of nitrogens with one attached hydrogen (secondary N) is 1. The highest BCUT2D eigenvalue weighted by atomic mass is 16.3. The Labute approximate surface area is 183 Å². The van der Waals surface area contributed by atoms with Gasteiger partial charge in [-0.25, -0.2) is 4.79 Å². The minimum atomic E-state index is -0.194. The van der Waals surface area contributed by atoms with Crippen LogP contribution in [-0.4, -0.2) is 48.6 Å². The van der Waals surface area contributed by atoms with Gasteiger partial charge < -0.3 is 28.9 Å². The van der Waals surface area contributed by atoms with Crippen LogP contribution in [-0.2, 0) is 13.1 Å². The fourth-order valence-corrected chi connectivity index (χ4v) is 3.88. The van der Waals surface area contributed by atoms with E-state index in [1.165, 1.54) is 5.69 Å². The zero-order chi connectivity index (χ0) is 21.6. The molecular weight excluding hydrogens is 392 g/mol. The molecule has 2 amide bonds. The van der Waals surface area contributed by atoms with Crippen LogP contribution in [0.3, 0.4) is 0 Å². The first-order chi connectivity index (χ1) is 15.1. The summed E-state index contributed by atoms with van der Waals surface area (Å²) in [7, 11) is 0. The van der Waals surface area contributed by atoms with Gasteiger partial charge in [-0.15, -0.1) is 0 Å². The standard InChI is InChI=1S/C24H30N4O3/c1-3-26-10-12-27(13-11-26)20-8-9-23(19(2)16-20)25-24(29)28(17-21-6-4-14-30-21)18-22-7-5-15-31-22/h4-9,14-16H,3,10-13,17-18H2,1-2H3,(H,25,29). The smallest absolute Gasteiger partial charge is 0.322 e. The Morgan fingerprint density at radius 3 is 2.16 bits per heavy atom. The van der Waals surface area contributed by atoms with Crippen molar-refractivity contribution < 1.29 is 13.6 Å². The molecule has 7 heteroatoms. The van der Waals surface area contributed by atoms with Crippen LogP contribution < -0.4 is 10.2 Å². The monoisotopic (exact) mass is 422 g/mol. The maximum Gasteiger partial charge on any atom is 0.322 e. The maximum absolute atomic E-state index is 13.1. The Morgan fingerprint density at radius 2 is 1.65 bits per heavy atom. The van der Waals surface area contributed by atoms with E-state index >= 15 is 0 Å². The fraction of sp³-hybridized carbons (Fsp3) is 0.375. The number of aryl methyl sites for hydroxylation is 1. The molecule has 1 saturated heterocycles. The van der Waals surface area contributed by atoms with Crippen molar-refractivity contribution in [2.75, 3.05) is 42.9 Å². The molecule has 4 rings (SSSR count). The highest BCUT2D eigenvalue weighted by molar-refractivity contribution is 5.90. The number of nitrogens with zero attached hydrogens (tertiary/aromatic N) is 3. The first kappa shape index (κ1) is 21.1. The van der Waals surface area contributed by atoms with Gasteiger partial charge in [0.05, 0.1) is 25.6 Å². The van der Waals surface area contributed by atoms with Gasteiger partial charge in [0.2, 0.25) is 0 Å². The normalized spacial score (nSPS) is 14.6. The number of rotatable bonds is 7. The second kappa shape index (κ2) is 9.75. The zero-order valence-corrected chi connectivity index (χ0v) is 18.2. The summed E-state index contributed by atoms with van der Waals surface area (Å²) >= 11 is 0. The highest BCUT2D eigenvalue weighted by Gasteiger charge is 2.20. The van der Waals surface area contributed by atoms with Gasteiger partial charge in [0.15, 0.2) is 0 Å². The van der Waals surface area contributed by atoms with Crippen LogP contribution >= 0.6 is 0 Å². The number of benzene rings is 1. The first-order valence-corrected chi connectivity index (χ1v) is 10.8. The van der Waals surface area contributed by atoms with Gasteiger partial charge in [0, 0.05) is 37.6 Å². The van der Waals surface area contributed by atoms with Crippen molar-refractivity contribution in [2.45, 2.75) is 26.9 Å². The summed E-state index contributed by atoms with van der Waals surface area (Å²) in [6, 6.07) is 13.4. The van der Waals surface area contributed by atoms with E-state index in [2.05, 4.69) is 34.2 Å². The lowest BCUT2D eigenvalue weighted by atomic mass is 10.1. The van der Waals surface area contributed by atoms with Gasteiger partial charge in [0.25, 0.3) is 0 Å². The quantitative estimate of drug-likeness (QED) is 0.605. The molecule has 0 spiro atoms. The molecule has 0 bridgehead atoms. The van der Waals surface area contributed by atoms with E-state index in [-0.39, 0.29) is 6.03 Å². The average molecular weight is 423 g/mol. The SMILES string of the molecule is CCN1CCN(c2ccc(NC(=O)N(Cc3ccco3)Cc3ccco3)c(C)c2)CC1. The zero-order valence-electron chi connectivity index (χ0n) is 18.2. The van der Waals surface area contributed by atoms with Crippen molar-refractivity contribution in [2.24, 2.45) is 0 Å². The summed E-state index contributed by atoms with van der Waals surface area (Å²) < 4.78 is 10.9. The number of carbonyl (C=O) groups is 1. The van der Waals surface area contributed by atoms with Crippen molar-refractivity contribution in [3.05, 3.63) is 72.1 Å². The van der Waals surface area contributed by atoms with Crippen molar-refractivity contribution in [1.82, 2.24) is 9.80 Å². The van der Waals surface area contributed by atoms with Gasteiger partial charge in [-0.3, -0.25) is 0 Å². The summed E-state index contributed by atoms with van der Waals surface area (Å²) in [6.45, 7) is 10.3. The number of urea groups is 1. The molecule has 0 atom stereocenters. The molecule has 3 aromatic rings. The molecule has 1 aliphatic rings. The van der Waals surface area contributed by atoms with Gasteiger partial charge in [-0.2, -0.15) is 0 Å². The molecule has 1 aliphatic heterocycles. The molecule has 1 N–H and O–H groups in total. The average Bonchev–Trinajstić information content (AvgIpc) is 3.49. The summed E-state index contributed by atoms with van der Waals surface area (Å²) in [5, 5.41) is 3.06. The fourth-order valence-electron chi connectivity index (χ4n) is 3.88. The number of hydrogen-bond donors (Lipinski definition) is 1. The Bertz CT molecular complexity index is 925. The lowest BCUT2D eigenvalue weighted by molar-refractivity contribution is 0.195. The van der Waals surface area contributed by atoms with E-state index in [4.69, 9.17) is 8.83 Å². The van der Waals surface area contributed by atoms with E-state index in [9.17, 15) is 4.79 Å². The lowest BCUT2D eigenvalue weighted by Crippen LogP contribution is -2.46. The van der Waals surface area contributed by atoms with Crippen molar-refractivity contribution in [3.63, 3.8) is 0 Å². The number of furan rings is 2. The molecule has 2 aromatic heterocycles. The molecule has 3 heterocycles. The summed E-state index contributed by atoms with van der Waals surface area (Å²) in [5.41, 5.74) is 3.05. The predicted octanol–water partition coefficient (Wildman–Crippen LogP) is 4.56. The molecule has 0 unspecified atom stereocenters. The number of hydrogen-bond acceptors (Lipinski definition) is 5. The molecule has 0 radical (unpaired) electrons.